The van der Waals surface area contributed by atoms with Crippen LogP contribution in [0.15, 0.2) is 71.1 Å². The lowest BCUT2D eigenvalue weighted by molar-refractivity contribution is 0.269. The Balaban J connectivity index is 2.18. The third kappa shape index (κ3) is 2.99. The molecular weight excluding hydrogens is 332 g/mol. The molecule has 1 heterocycles. The first-order valence-corrected chi connectivity index (χ1v) is 9.50. The van der Waals surface area contributed by atoms with Crippen molar-refractivity contribution >= 4 is 10.0 Å². The van der Waals surface area contributed by atoms with Crippen molar-refractivity contribution in [2.24, 2.45) is 0 Å². The van der Waals surface area contributed by atoms with Crippen molar-refractivity contribution < 1.29 is 8.42 Å². The van der Waals surface area contributed by atoms with Crippen molar-refractivity contribution in [3.8, 4) is 6.07 Å². The number of sulfonamides is 1. The SMILES string of the molecule is Cc1ccc(S(=O)(=O)N2C(c3ccccc3)C(C#N)=CC2(C)C)cc1. The van der Waals surface area contributed by atoms with Crippen molar-refractivity contribution in [1.29, 1.82) is 5.26 Å². The van der Waals surface area contributed by atoms with Crippen molar-refractivity contribution in [1.82, 2.24) is 4.31 Å². The van der Waals surface area contributed by atoms with Gasteiger partial charge in [0.1, 0.15) is 0 Å². The second-order valence-electron chi connectivity index (χ2n) is 6.79. The van der Waals surface area contributed by atoms with Gasteiger partial charge in [-0.25, -0.2) is 8.42 Å². The first-order chi connectivity index (χ1) is 11.8. The van der Waals surface area contributed by atoms with E-state index in [4.69, 9.17) is 0 Å². The fourth-order valence-electron chi connectivity index (χ4n) is 3.30. The minimum atomic E-state index is -3.77. The highest BCUT2D eigenvalue weighted by atomic mass is 32.2. The number of benzene rings is 2. The quantitative estimate of drug-likeness (QED) is 0.840. The molecule has 2 aromatic rings. The molecule has 3 rings (SSSR count). The van der Waals surface area contributed by atoms with Gasteiger partial charge in [-0.2, -0.15) is 9.57 Å². The van der Waals surface area contributed by atoms with Gasteiger partial charge in [-0.05, 0) is 44.5 Å². The molecular formula is C20H20N2O2S. The second kappa shape index (κ2) is 6.14. The molecule has 0 bridgehead atoms. The van der Waals surface area contributed by atoms with Gasteiger partial charge in [-0.15, -0.1) is 0 Å². The molecule has 0 saturated heterocycles. The normalized spacial score (nSPS) is 20.1. The average Bonchev–Trinajstić information content (AvgIpc) is 2.87. The molecule has 0 spiro atoms. The van der Waals surface area contributed by atoms with Crippen molar-refractivity contribution in [2.45, 2.75) is 37.2 Å². The van der Waals surface area contributed by atoms with Gasteiger partial charge in [-0.3, -0.25) is 0 Å². The van der Waals surface area contributed by atoms with Gasteiger partial charge in [0.15, 0.2) is 0 Å². The summed E-state index contributed by atoms with van der Waals surface area (Å²) in [5, 5.41) is 9.58. The molecule has 0 fully saturated rings. The summed E-state index contributed by atoms with van der Waals surface area (Å²) in [7, 11) is -3.77. The van der Waals surface area contributed by atoms with E-state index in [1.807, 2.05) is 51.1 Å². The maximum absolute atomic E-state index is 13.4. The first kappa shape index (κ1) is 17.4. The number of nitrogens with zero attached hydrogens (tertiary/aromatic N) is 2. The van der Waals surface area contributed by atoms with Crippen molar-refractivity contribution in [3.05, 3.63) is 77.4 Å². The van der Waals surface area contributed by atoms with Crippen LogP contribution in [0.1, 0.15) is 31.0 Å². The molecule has 0 radical (unpaired) electrons. The molecule has 1 aliphatic heterocycles. The Morgan fingerprint density at radius 2 is 1.64 bits per heavy atom. The molecule has 1 unspecified atom stereocenters. The zero-order valence-corrected chi connectivity index (χ0v) is 15.3. The highest BCUT2D eigenvalue weighted by molar-refractivity contribution is 7.89. The van der Waals surface area contributed by atoms with Crippen LogP contribution in [-0.2, 0) is 10.0 Å². The standard InChI is InChI=1S/C20H20N2O2S/c1-15-9-11-18(12-10-15)25(23,24)22-19(16-7-5-4-6-8-16)17(14-21)13-20(22,2)3/h4-13,19H,1-3H3. The van der Waals surface area contributed by atoms with E-state index in [0.717, 1.165) is 11.1 Å². The van der Waals surface area contributed by atoms with Crippen LogP contribution >= 0.6 is 0 Å². The summed E-state index contributed by atoms with van der Waals surface area (Å²) in [4.78, 5) is 0.236. The lowest BCUT2D eigenvalue weighted by atomic mass is 10.0. The Labute approximate surface area is 149 Å². The van der Waals surface area contributed by atoms with Crippen LogP contribution in [0.5, 0.6) is 0 Å². The molecule has 1 aliphatic rings. The maximum atomic E-state index is 13.4. The summed E-state index contributed by atoms with van der Waals surface area (Å²) >= 11 is 0. The van der Waals surface area contributed by atoms with E-state index in [9.17, 15) is 13.7 Å². The third-order valence-corrected chi connectivity index (χ3v) is 6.50. The Morgan fingerprint density at radius 1 is 1.04 bits per heavy atom. The van der Waals surface area contributed by atoms with Crippen LogP contribution in [0.25, 0.3) is 0 Å². The van der Waals surface area contributed by atoms with Gasteiger partial charge >= 0.3 is 0 Å². The van der Waals surface area contributed by atoms with Crippen molar-refractivity contribution in [2.75, 3.05) is 0 Å². The number of hydrogen-bond donors (Lipinski definition) is 0. The summed E-state index contributed by atoms with van der Waals surface area (Å²) in [6.07, 6.45) is 1.75. The summed E-state index contributed by atoms with van der Waals surface area (Å²) in [5.41, 5.74) is 1.44. The van der Waals surface area contributed by atoms with E-state index in [-0.39, 0.29) is 4.90 Å². The fraction of sp³-hybridized carbons (Fsp3) is 0.250. The minimum Gasteiger partial charge on any atom is -0.207 e. The molecule has 5 heteroatoms. The zero-order valence-electron chi connectivity index (χ0n) is 14.5. The number of aryl methyl sites for hydroxylation is 1. The molecule has 4 nitrogen and oxygen atoms in total. The predicted molar refractivity (Wildman–Crippen MR) is 97.2 cm³/mol. The van der Waals surface area contributed by atoms with Crippen LogP contribution < -0.4 is 0 Å². The molecule has 0 N–H and O–H groups in total. The third-order valence-electron chi connectivity index (χ3n) is 4.43. The van der Waals surface area contributed by atoms with Gasteiger partial charge in [0.05, 0.1) is 28.1 Å². The molecule has 128 valence electrons. The number of nitriles is 1. The number of hydrogen-bond acceptors (Lipinski definition) is 3. The Bertz CT molecular complexity index is 953. The predicted octanol–water partition coefficient (Wildman–Crippen LogP) is 3.97. The molecule has 0 amide bonds. The molecule has 0 saturated carbocycles. The Kier molecular flexibility index (Phi) is 4.28. The van der Waals surface area contributed by atoms with Crippen LogP contribution in [0.3, 0.4) is 0 Å². The average molecular weight is 352 g/mol. The largest absolute Gasteiger partial charge is 0.244 e. The Morgan fingerprint density at radius 3 is 2.20 bits per heavy atom. The maximum Gasteiger partial charge on any atom is 0.244 e. The highest BCUT2D eigenvalue weighted by Gasteiger charge is 2.48. The van der Waals surface area contributed by atoms with Gasteiger partial charge in [0, 0.05) is 0 Å². The first-order valence-electron chi connectivity index (χ1n) is 8.06. The van der Waals surface area contributed by atoms with E-state index in [2.05, 4.69) is 6.07 Å². The van der Waals surface area contributed by atoms with Crippen LogP contribution in [0, 0.1) is 18.3 Å². The molecule has 2 aromatic carbocycles. The summed E-state index contributed by atoms with van der Waals surface area (Å²) in [6.45, 7) is 5.55. The van der Waals surface area contributed by atoms with Crippen LogP contribution in [0.2, 0.25) is 0 Å². The monoisotopic (exact) mass is 352 g/mol. The van der Waals surface area contributed by atoms with E-state index >= 15 is 0 Å². The van der Waals surface area contributed by atoms with Gasteiger partial charge in [0.2, 0.25) is 10.0 Å². The lowest BCUT2D eigenvalue weighted by Gasteiger charge is -2.35. The fourth-order valence-corrected chi connectivity index (χ4v) is 5.19. The summed E-state index contributed by atoms with van der Waals surface area (Å²) in [5.74, 6) is 0. The van der Waals surface area contributed by atoms with Crippen LogP contribution in [0.4, 0.5) is 0 Å². The molecule has 25 heavy (non-hydrogen) atoms. The highest BCUT2D eigenvalue weighted by Crippen LogP contribution is 2.45. The van der Waals surface area contributed by atoms with Gasteiger partial charge in [-0.1, -0.05) is 48.0 Å². The zero-order chi connectivity index (χ0) is 18.2. The summed E-state index contributed by atoms with van der Waals surface area (Å²) in [6, 6.07) is 17.7. The topological polar surface area (TPSA) is 61.2 Å². The lowest BCUT2D eigenvalue weighted by Crippen LogP contribution is -2.44. The van der Waals surface area contributed by atoms with Gasteiger partial charge in [0.25, 0.3) is 0 Å². The minimum absolute atomic E-state index is 0.236. The van der Waals surface area contributed by atoms with E-state index < -0.39 is 21.6 Å². The summed E-state index contributed by atoms with van der Waals surface area (Å²) < 4.78 is 28.2. The van der Waals surface area contributed by atoms with E-state index in [1.165, 1.54) is 4.31 Å². The van der Waals surface area contributed by atoms with Crippen molar-refractivity contribution in [3.63, 3.8) is 0 Å². The van der Waals surface area contributed by atoms with E-state index in [1.54, 1.807) is 30.3 Å². The van der Waals surface area contributed by atoms with Gasteiger partial charge < -0.3 is 0 Å². The molecule has 1 atom stereocenters. The molecule has 0 aliphatic carbocycles. The molecule has 0 aromatic heterocycles. The second-order valence-corrected chi connectivity index (χ2v) is 8.61. The Hall–Kier alpha value is -2.42. The van der Waals surface area contributed by atoms with E-state index in [0.29, 0.717) is 5.57 Å². The number of rotatable bonds is 3. The smallest absolute Gasteiger partial charge is 0.207 e. The van der Waals surface area contributed by atoms with Crippen LogP contribution in [-0.4, -0.2) is 18.3 Å².